The van der Waals surface area contributed by atoms with E-state index in [2.05, 4.69) is 0 Å². The molecule has 0 saturated heterocycles. The van der Waals surface area contributed by atoms with Crippen molar-refractivity contribution >= 4 is 29.5 Å². The summed E-state index contributed by atoms with van der Waals surface area (Å²) in [5.74, 6) is 0.234. The highest BCUT2D eigenvalue weighted by atomic mass is 35.5. The molecule has 0 aliphatic rings. The molecule has 0 radical (unpaired) electrons. The molecule has 28 heavy (non-hydrogen) atoms. The Hall–Kier alpha value is -3.17. The molecular formula is C24H18ClFO2. The lowest BCUT2D eigenvalue weighted by atomic mass is 10.1. The van der Waals surface area contributed by atoms with Gasteiger partial charge in [0.15, 0.2) is 5.78 Å². The van der Waals surface area contributed by atoms with Crippen molar-refractivity contribution in [2.75, 3.05) is 0 Å². The number of benzene rings is 3. The first-order valence-corrected chi connectivity index (χ1v) is 9.10. The van der Waals surface area contributed by atoms with E-state index in [0.29, 0.717) is 17.4 Å². The van der Waals surface area contributed by atoms with Crippen LogP contribution in [0.1, 0.15) is 16.7 Å². The molecule has 3 rings (SSSR count). The van der Waals surface area contributed by atoms with Gasteiger partial charge in [-0.25, -0.2) is 4.39 Å². The van der Waals surface area contributed by atoms with Gasteiger partial charge < -0.3 is 4.74 Å². The summed E-state index contributed by atoms with van der Waals surface area (Å²) < 4.78 is 18.8. The van der Waals surface area contributed by atoms with Gasteiger partial charge in [-0.05, 0) is 59.7 Å². The molecule has 4 heteroatoms. The Bertz CT molecular complexity index is 990. The van der Waals surface area contributed by atoms with E-state index < -0.39 is 0 Å². The maximum atomic E-state index is 13.0. The third-order valence-corrected chi connectivity index (χ3v) is 4.22. The second kappa shape index (κ2) is 9.67. The fourth-order valence-electron chi connectivity index (χ4n) is 2.47. The van der Waals surface area contributed by atoms with Gasteiger partial charge in [-0.1, -0.05) is 60.1 Å². The lowest BCUT2D eigenvalue weighted by Crippen LogP contribution is -1.97. The lowest BCUT2D eigenvalue weighted by Gasteiger charge is -2.09. The summed E-state index contributed by atoms with van der Waals surface area (Å²) in [7, 11) is 0. The minimum absolute atomic E-state index is 0.136. The van der Waals surface area contributed by atoms with Crippen LogP contribution in [0.2, 0.25) is 5.02 Å². The van der Waals surface area contributed by atoms with E-state index in [9.17, 15) is 9.18 Å². The SMILES string of the molecule is O=C(/C=C/c1ccc(Cl)cc1)/C=C/c1ccccc1OCc1ccc(F)cc1. The van der Waals surface area contributed by atoms with E-state index in [4.69, 9.17) is 16.3 Å². The predicted molar refractivity (Wildman–Crippen MR) is 112 cm³/mol. The molecule has 0 bridgehead atoms. The Morgan fingerprint density at radius 3 is 2.32 bits per heavy atom. The van der Waals surface area contributed by atoms with E-state index in [-0.39, 0.29) is 11.6 Å². The van der Waals surface area contributed by atoms with Crippen molar-refractivity contribution in [3.05, 3.63) is 112 Å². The Morgan fingerprint density at radius 1 is 0.893 bits per heavy atom. The quantitative estimate of drug-likeness (QED) is 0.437. The normalized spacial score (nSPS) is 11.2. The molecule has 0 heterocycles. The summed E-state index contributed by atoms with van der Waals surface area (Å²) in [5, 5.41) is 0.653. The average Bonchev–Trinajstić information content (AvgIpc) is 2.72. The Labute approximate surface area is 168 Å². The van der Waals surface area contributed by atoms with Crippen LogP contribution in [0.5, 0.6) is 5.75 Å². The number of para-hydroxylation sites is 1. The minimum atomic E-state index is -0.280. The van der Waals surface area contributed by atoms with Crippen LogP contribution in [0.25, 0.3) is 12.2 Å². The van der Waals surface area contributed by atoms with Gasteiger partial charge in [0.1, 0.15) is 18.2 Å². The smallest absolute Gasteiger partial charge is 0.178 e. The van der Waals surface area contributed by atoms with Crippen molar-refractivity contribution < 1.29 is 13.9 Å². The predicted octanol–water partition coefficient (Wildman–Crippen LogP) is 6.35. The molecule has 0 spiro atoms. The molecule has 0 fully saturated rings. The van der Waals surface area contributed by atoms with E-state index >= 15 is 0 Å². The van der Waals surface area contributed by atoms with Crippen LogP contribution in [0.15, 0.2) is 84.9 Å². The van der Waals surface area contributed by atoms with Crippen molar-refractivity contribution in [1.29, 1.82) is 0 Å². The molecule has 0 saturated carbocycles. The van der Waals surface area contributed by atoms with Crippen LogP contribution >= 0.6 is 11.6 Å². The summed E-state index contributed by atoms with van der Waals surface area (Å²) >= 11 is 5.85. The zero-order valence-corrected chi connectivity index (χ0v) is 15.8. The van der Waals surface area contributed by atoms with E-state index in [1.165, 1.54) is 24.3 Å². The molecule has 0 aliphatic carbocycles. The summed E-state index contributed by atoms with van der Waals surface area (Å²) in [4.78, 5) is 12.1. The second-order valence-electron chi connectivity index (χ2n) is 6.07. The largest absolute Gasteiger partial charge is 0.488 e. The highest BCUT2D eigenvalue weighted by molar-refractivity contribution is 6.30. The number of rotatable bonds is 7. The monoisotopic (exact) mass is 392 g/mol. The standard InChI is InChI=1S/C24H18ClFO2/c25-21-11-5-18(6-12-21)9-15-23(27)16-10-20-3-1-2-4-24(20)28-17-19-7-13-22(26)14-8-19/h1-16H,17H2/b15-9+,16-10+. The molecule has 3 aromatic rings. The van der Waals surface area contributed by atoms with Crippen LogP contribution in [-0.4, -0.2) is 5.78 Å². The maximum Gasteiger partial charge on any atom is 0.178 e. The third kappa shape index (κ3) is 5.93. The van der Waals surface area contributed by atoms with Gasteiger partial charge in [0.2, 0.25) is 0 Å². The molecule has 2 nitrogen and oxygen atoms in total. The minimum Gasteiger partial charge on any atom is -0.488 e. The van der Waals surface area contributed by atoms with Crippen molar-refractivity contribution in [2.24, 2.45) is 0 Å². The first-order chi connectivity index (χ1) is 13.6. The molecular weight excluding hydrogens is 375 g/mol. The van der Waals surface area contributed by atoms with Crippen molar-refractivity contribution in [3.8, 4) is 5.75 Å². The first-order valence-electron chi connectivity index (χ1n) is 8.72. The number of carbonyl (C=O) groups excluding carboxylic acids is 1. The molecule has 0 N–H and O–H groups in total. The van der Waals surface area contributed by atoms with Crippen molar-refractivity contribution in [2.45, 2.75) is 6.61 Å². The summed E-state index contributed by atoms with van der Waals surface area (Å²) in [6.45, 7) is 0.315. The number of ether oxygens (including phenoxy) is 1. The van der Waals surface area contributed by atoms with Crippen LogP contribution in [0.3, 0.4) is 0 Å². The van der Waals surface area contributed by atoms with E-state index in [1.54, 1.807) is 36.4 Å². The van der Waals surface area contributed by atoms with Crippen LogP contribution in [0, 0.1) is 5.82 Å². The fraction of sp³-hybridized carbons (Fsp3) is 0.0417. The van der Waals surface area contributed by atoms with Crippen molar-refractivity contribution in [3.63, 3.8) is 0 Å². The van der Waals surface area contributed by atoms with Gasteiger partial charge in [0.25, 0.3) is 0 Å². The first kappa shape index (κ1) is 19.6. The summed E-state index contributed by atoms with van der Waals surface area (Å²) in [6.07, 6.45) is 6.45. The van der Waals surface area contributed by atoms with Crippen LogP contribution in [0.4, 0.5) is 4.39 Å². The summed E-state index contributed by atoms with van der Waals surface area (Å²) in [5.41, 5.74) is 2.55. The second-order valence-corrected chi connectivity index (χ2v) is 6.51. The van der Waals surface area contributed by atoms with Crippen molar-refractivity contribution in [1.82, 2.24) is 0 Å². The topological polar surface area (TPSA) is 26.3 Å². The highest BCUT2D eigenvalue weighted by Crippen LogP contribution is 2.21. The number of carbonyl (C=O) groups is 1. The van der Waals surface area contributed by atoms with Gasteiger partial charge in [-0.3, -0.25) is 4.79 Å². The molecule has 0 aromatic heterocycles. The number of hydrogen-bond acceptors (Lipinski definition) is 2. The molecule has 0 unspecified atom stereocenters. The van der Waals surface area contributed by atoms with Gasteiger partial charge in [-0.2, -0.15) is 0 Å². The fourth-order valence-corrected chi connectivity index (χ4v) is 2.60. The van der Waals surface area contributed by atoms with E-state index in [0.717, 1.165) is 16.7 Å². The van der Waals surface area contributed by atoms with Gasteiger partial charge in [-0.15, -0.1) is 0 Å². The molecule has 0 atom stereocenters. The number of ketones is 1. The van der Waals surface area contributed by atoms with Crippen LogP contribution < -0.4 is 4.74 Å². The van der Waals surface area contributed by atoms with E-state index in [1.807, 2.05) is 36.4 Å². The molecule has 0 amide bonds. The van der Waals surface area contributed by atoms with Crippen LogP contribution in [-0.2, 0) is 11.4 Å². The Balaban J connectivity index is 1.63. The zero-order valence-electron chi connectivity index (χ0n) is 15.0. The van der Waals surface area contributed by atoms with Gasteiger partial charge >= 0.3 is 0 Å². The zero-order chi connectivity index (χ0) is 19.8. The number of halogens is 2. The summed E-state index contributed by atoms with van der Waals surface area (Å²) in [6, 6.07) is 20.8. The average molecular weight is 393 g/mol. The lowest BCUT2D eigenvalue weighted by molar-refractivity contribution is -0.110. The van der Waals surface area contributed by atoms with Gasteiger partial charge in [0, 0.05) is 10.6 Å². The number of allylic oxidation sites excluding steroid dienone is 2. The molecule has 3 aromatic carbocycles. The number of hydrogen-bond donors (Lipinski definition) is 0. The van der Waals surface area contributed by atoms with Gasteiger partial charge in [0.05, 0.1) is 0 Å². The molecule has 140 valence electrons. The maximum absolute atomic E-state index is 13.0. The molecule has 0 aliphatic heterocycles. The Morgan fingerprint density at radius 2 is 1.57 bits per heavy atom. The third-order valence-electron chi connectivity index (χ3n) is 3.96. The highest BCUT2D eigenvalue weighted by Gasteiger charge is 2.02. The Kier molecular flexibility index (Phi) is 6.77.